The van der Waals surface area contributed by atoms with Crippen molar-refractivity contribution in [2.75, 3.05) is 7.11 Å². The van der Waals surface area contributed by atoms with Crippen LogP contribution in [0.4, 0.5) is 0 Å². The standard InChI is InChI=1S/C15H12O3/c1-16-15-13-7(9-2-4-11(13)17-9)6-8-10-3-5-12(18-10)14(8)15/h2-6,9-12H,1H3. The van der Waals surface area contributed by atoms with Crippen LogP contribution in [-0.2, 0) is 9.47 Å². The first kappa shape index (κ1) is 9.36. The number of ether oxygens (including phenoxy) is 3. The average Bonchev–Trinajstić information content (AvgIpc) is 3.15. The molecule has 0 fully saturated rings. The summed E-state index contributed by atoms with van der Waals surface area (Å²) in [6, 6.07) is 2.25. The van der Waals surface area contributed by atoms with Crippen molar-refractivity contribution < 1.29 is 14.2 Å². The number of methoxy groups -OCH3 is 1. The van der Waals surface area contributed by atoms with Crippen LogP contribution in [-0.4, -0.2) is 7.11 Å². The van der Waals surface area contributed by atoms with Gasteiger partial charge in [0.05, 0.1) is 7.11 Å². The average molecular weight is 240 g/mol. The first-order valence-electron chi connectivity index (χ1n) is 6.29. The minimum absolute atomic E-state index is 0.0633. The predicted octanol–water partition coefficient (Wildman–Crippen LogP) is 3.06. The lowest BCUT2D eigenvalue weighted by Gasteiger charge is -2.19. The topological polar surface area (TPSA) is 27.7 Å². The molecule has 0 saturated carbocycles. The zero-order valence-electron chi connectivity index (χ0n) is 9.92. The molecule has 0 N–H and O–H groups in total. The molecule has 4 atom stereocenters. The van der Waals surface area contributed by atoms with Crippen molar-refractivity contribution in [2.45, 2.75) is 24.4 Å². The fourth-order valence-electron chi connectivity index (χ4n) is 3.59. The van der Waals surface area contributed by atoms with Crippen LogP contribution in [0.15, 0.2) is 30.4 Å². The molecule has 3 heteroatoms. The molecule has 18 heavy (non-hydrogen) atoms. The molecule has 4 aliphatic heterocycles. The molecule has 0 aromatic heterocycles. The molecule has 4 unspecified atom stereocenters. The molecule has 0 radical (unpaired) electrons. The highest BCUT2D eigenvalue weighted by Gasteiger charge is 2.44. The summed E-state index contributed by atoms with van der Waals surface area (Å²) in [5.74, 6) is 0.969. The lowest BCUT2D eigenvalue weighted by atomic mass is 9.86. The van der Waals surface area contributed by atoms with Gasteiger partial charge in [0.15, 0.2) is 0 Å². The lowest BCUT2D eigenvalue weighted by Crippen LogP contribution is -2.05. The molecule has 1 aromatic rings. The Bertz CT molecular complexity index is 579. The summed E-state index contributed by atoms with van der Waals surface area (Å²) in [4.78, 5) is 0. The Hall–Kier alpha value is -1.58. The van der Waals surface area contributed by atoms with Gasteiger partial charge in [0.1, 0.15) is 30.2 Å². The summed E-state index contributed by atoms with van der Waals surface area (Å²) < 4.78 is 17.5. The number of hydrogen-bond donors (Lipinski definition) is 0. The molecule has 0 aliphatic carbocycles. The van der Waals surface area contributed by atoms with E-state index in [1.54, 1.807) is 7.11 Å². The van der Waals surface area contributed by atoms with Crippen molar-refractivity contribution in [2.24, 2.45) is 0 Å². The Kier molecular flexibility index (Phi) is 1.49. The molecule has 4 bridgehead atoms. The molecule has 0 amide bonds. The Balaban J connectivity index is 1.84. The lowest BCUT2D eigenvalue weighted by molar-refractivity contribution is 0.0823. The third-order valence-corrected chi connectivity index (χ3v) is 4.32. The molecule has 90 valence electrons. The summed E-state index contributed by atoms with van der Waals surface area (Å²) in [6.07, 6.45) is 8.82. The van der Waals surface area contributed by atoms with Gasteiger partial charge in [-0.2, -0.15) is 0 Å². The van der Waals surface area contributed by atoms with E-state index in [9.17, 15) is 0 Å². The Morgan fingerprint density at radius 3 is 1.83 bits per heavy atom. The summed E-state index contributed by atoms with van der Waals surface area (Å²) >= 11 is 0. The van der Waals surface area contributed by atoms with Gasteiger partial charge in [-0.25, -0.2) is 0 Å². The molecule has 3 nitrogen and oxygen atoms in total. The Labute approximate surface area is 105 Å². The van der Waals surface area contributed by atoms with Gasteiger partial charge in [0.25, 0.3) is 0 Å². The fraction of sp³-hybridized carbons (Fsp3) is 0.333. The Morgan fingerprint density at radius 2 is 1.33 bits per heavy atom. The summed E-state index contributed by atoms with van der Waals surface area (Å²) in [5.41, 5.74) is 4.91. The van der Waals surface area contributed by atoms with Crippen LogP contribution in [0, 0.1) is 0 Å². The molecule has 4 aliphatic rings. The molecule has 1 aromatic carbocycles. The molecular weight excluding hydrogens is 228 g/mol. The van der Waals surface area contributed by atoms with E-state index in [4.69, 9.17) is 14.2 Å². The van der Waals surface area contributed by atoms with Crippen LogP contribution >= 0.6 is 0 Å². The number of fused-ring (bicyclic) bond motifs is 10. The van der Waals surface area contributed by atoms with E-state index in [-0.39, 0.29) is 24.4 Å². The van der Waals surface area contributed by atoms with Gasteiger partial charge in [0, 0.05) is 11.1 Å². The maximum absolute atomic E-state index is 5.90. The van der Waals surface area contributed by atoms with Crippen LogP contribution in [0.3, 0.4) is 0 Å². The van der Waals surface area contributed by atoms with Crippen LogP contribution < -0.4 is 4.74 Å². The molecule has 0 spiro atoms. The van der Waals surface area contributed by atoms with Crippen molar-refractivity contribution in [1.82, 2.24) is 0 Å². The van der Waals surface area contributed by atoms with Crippen molar-refractivity contribution >= 4 is 0 Å². The highest BCUT2D eigenvalue weighted by molar-refractivity contribution is 5.62. The van der Waals surface area contributed by atoms with E-state index in [2.05, 4.69) is 30.4 Å². The second-order valence-corrected chi connectivity index (χ2v) is 5.14. The fourth-order valence-corrected chi connectivity index (χ4v) is 3.59. The van der Waals surface area contributed by atoms with Crippen LogP contribution in [0.1, 0.15) is 46.7 Å². The molecule has 0 saturated heterocycles. The third-order valence-electron chi connectivity index (χ3n) is 4.32. The maximum atomic E-state index is 5.90. The highest BCUT2D eigenvalue weighted by Crippen LogP contribution is 2.57. The number of benzene rings is 1. The quantitative estimate of drug-likeness (QED) is 0.706. The first-order chi connectivity index (χ1) is 8.86. The minimum atomic E-state index is 0.0633. The second kappa shape index (κ2) is 2.87. The van der Waals surface area contributed by atoms with Crippen LogP contribution in [0.2, 0.25) is 0 Å². The minimum Gasteiger partial charge on any atom is -0.496 e. The maximum Gasteiger partial charge on any atom is 0.131 e. The summed E-state index contributed by atoms with van der Waals surface area (Å²) in [6.45, 7) is 0. The number of rotatable bonds is 1. The smallest absolute Gasteiger partial charge is 0.131 e. The van der Waals surface area contributed by atoms with Crippen LogP contribution in [0.5, 0.6) is 5.75 Å². The molecule has 4 heterocycles. The van der Waals surface area contributed by atoms with Gasteiger partial charge >= 0.3 is 0 Å². The zero-order chi connectivity index (χ0) is 11.9. The summed E-state index contributed by atoms with van der Waals surface area (Å²) in [7, 11) is 1.74. The SMILES string of the molecule is COc1c2c(cc3c1C1C=CC3O1)C1C=CC2O1. The predicted molar refractivity (Wildman–Crippen MR) is 64.4 cm³/mol. The normalized spacial score (nSPS) is 36.3. The van der Waals surface area contributed by atoms with Gasteiger partial charge in [-0.05, 0) is 17.2 Å². The second-order valence-electron chi connectivity index (χ2n) is 5.14. The zero-order valence-corrected chi connectivity index (χ0v) is 9.92. The Morgan fingerprint density at radius 1 is 0.833 bits per heavy atom. The summed E-state index contributed by atoms with van der Waals surface area (Å²) in [5, 5.41) is 0. The molecular formula is C15H12O3. The number of hydrogen-bond acceptors (Lipinski definition) is 3. The van der Waals surface area contributed by atoms with Crippen molar-refractivity contribution in [3.8, 4) is 5.75 Å². The molecule has 5 rings (SSSR count). The van der Waals surface area contributed by atoms with Gasteiger partial charge < -0.3 is 14.2 Å². The van der Waals surface area contributed by atoms with E-state index in [0.29, 0.717) is 0 Å². The monoisotopic (exact) mass is 240 g/mol. The first-order valence-corrected chi connectivity index (χ1v) is 6.29. The third kappa shape index (κ3) is 0.877. The van der Waals surface area contributed by atoms with Crippen molar-refractivity contribution in [3.05, 3.63) is 52.6 Å². The van der Waals surface area contributed by atoms with Gasteiger partial charge in [-0.1, -0.05) is 24.3 Å². The van der Waals surface area contributed by atoms with Gasteiger partial charge in [-0.15, -0.1) is 0 Å². The van der Waals surface area contributed by atoms with Crippen molar-refractivity contribution in [1.29, 1.82) is 0 Å². The van der Waals surface area contributed by atoms with Crippen molar-refractivity contribution in [3.63, 3.8) is 0 Å². The van der Waals surface area contributed by atoms with E-state index in [1.807, 2.05) is 0 Å². The highest BCUT2D eigenvalue weighted by atomic mass is 16.5. The van der Waals surface area contributed by atoms with E-state index < -0.39 is 0 Å². The van der Waals surface area contributed by atoms with Crippen LogP contribution in [0.25, 0.3) is 0 Å². The van der Waals surface area contributed by atoms with Gasteiger partial charge in [0.2, 0.25) is 0 Å². The van der Waals surface area contributed by atoms with E-state index >= 15 is 0 Å². The largest absolute Gasteiger partial charge is 0.496 e. The van der Waals surface area contributed by atoms with E-state index in [0.717, 1.165) is 5.75 Å². The van der Waals surface area contributed by atoms with E-state index in [1.165, 1.54) is 22.3 Å². The van der Waals surface area contributed by atoms with Gasteiger partial charge in [-0.3, -0.25) is 0 Å².